The van der Waals surface area contributed by atoms with Crippen molar-refractivity contribution in [3.8, 4) is 11.8 Å². The molecule has 1 heterocycles. The molecule has 0 amide bonds. The van der Waals surface area contributed by atoms with E-state index in [1.54, 1.807) is 24.3 Å². The molecule has 0 saturated heterocycles. The van der Waals surface area contributed by atoms with E-state index in [-0.39, 0.29) is 11.0 Å². The van der Waals surface area contributed by atoms with Crippen LogP contribution in [-0.4, -0.2) is 7.11 Å². The van der Waals surface area contributed by atoms with E-state index in [1.807, 2.05) is 0 Å². The quantitative estimate of drug-likeness (QED) is 0.704. The molecule has 0 bridgehead atoms. The van der Waals surface area contributed by atoms with Gasteiger partial charge in [-0.1, -0.05) is 0 Å². The highest BCUT2D eigenvalue weighted by atomic mass is 16.5. The topological polar surface area (TPSA) is 63.2 Å². The number of benzene rings is 1. The van der Waals surface area contributed by atoms with Gasteiger partial charge in [0.2, 0.25) is 5.43 Å². The van der Waals surface area contributed by atoms with Crippen molar-refractivity contribution >= 4 is 11.0 Å². The molecule has 0 saturated carbocycles. The summed E-state index contributed by atoms with van der Waals surface area (Å²) in [6.07, 6.45) is 1.16. The maximum absolute atomic E-state index is 11.6. The van der Waals surface area contributed by atoms with E-state index in [2.05, 4.69) is 0 Å². The van der Waals surface area contributed by atoms with Crippen LogP contribution in [0.15, 0.2) is 33.7 Å². The summed E-state index contributed by atoms with van der Waals surface area (Å²) in [4.78, 5) is 11.6. The van der Waals surface area contributed by atoms with Crippen LogP contribution in [0.2, 0.25) is 0 Å². The molecule has 0 aliphatic rings. The smallest absolute Gasteiger partial charge is 0.210 e. The van der Waals surface area contributed by atoms with Gasteiger partial charge in [-0.2, -0.15) is 5.26 Å². The molecular formula is C11H7NO3. The third kappa shape index (κ3) is 1.44. The maximum atomic E-state index is 11.6. The summed E-state index contributed by atoms with van der Waals surface area (Å²) in [5.41, 5.74) is 0.104. The summed E-state index contributed by atoms with van der Waals surface area (Å²) in [5, 5.41) is 9.03. The average molecular weight is 201 g/mol. The van der Waals surface area contributed by atoms with Gasteiger partial charge in [0, 0.05) is 6.07 Å². The van der Waals surface area contributed by atoms with Gasteiger partial charge in [-0.15, -0.1) is 0 Å². The second-order valence-corrected chi connectivity index (χ2v) is 2.95. The highest BCUT2D eigenvalue weighted by molar-refractivity contribution is 5.78. The molecule has 0 aliphatic heterocycles. The molecule has 1 aromatic carbocycles. The van der Waals surface area contributed by atoms with Crippen molar-refractivity contribution in [2.75, 3.05) is 7.11 Å². The Bertz CT molecular complexity index is 607. The molecule has 2 rings (SSSR count). The fourth-order valence-electron chi connectivity index (χ4n) is 1.31. The first-order valence-corrected chi connectivity index (χ1v) is 4.26. The summed E-state index contributed by atoms with van der Waals surface area (Å²) in [5.74, 6) is 0.607. The monoisotopic (exact) mass is 201 g/mol. The SMILES string of the molecule is COc1ccc2c(=O)c(C#N)coc2c1. The van der Waals surface area contributed by atoms with Crippen LogP contribution < -0.4 is 10.2 Å². The zero-order chi connectivity index (χ0) is 10.8. The van der Waals surface area contributed by atoms with Crippen LogP contribution in [0.25, 0.3) is 11.0 Å². The second kappa shape index (κ2) is 3.46. The number of fused-ring (bicyclic) bond motifs is 1. The van der Waals surface area contributed by atoms with Gasteiger partial charge in [0.15, 0.2) is 0 Å². The van der Waals surface area contributed by atoms with Crippen LogP contribution in [0.4, 0.5) is 0 Å². The first-order chi connectivity index (χ1) is 7.26. The highest BCUT2D eigenvalue weighted by Crippen LogP contribution is 2.18. The maximum Gasteiger partial charge on any atom is 0.210 e. The lowest BCUT2D eigenvalue weighted by atomic mass is 10.2. The minimum absolute atomic E-state index is 0.00710. The molecule has 1 aromatic heterocycles. The fourth-order valence-corrected chi connectivity index (χ4v) is 1.31. The molecule has 2 aromatic rings. The number of hydrogen-bond acceptors (Lipinski definition) is 4. The van der Waals surface area contributed by atoms with Crippen LogP contribution in [0, 0.1) is 11.3 Å². The number of ether oxygens (including phenoxy) is 1. The average Bonchev–Trinajstić information content (AvgIpc) is 2.29. The van der Waals surface area contributed by atoms with Crippen LogP contribution in [-0.2, 0) is 0 Å². The van der Waals surface area contributed by atoms with Crippen molar-refractivity contribution in [2.24, 2.45) is 0 Å². The van der Waals surface area contributed by atoms with Crippen molar-refractivity contribution in [3.05, 3.63) is 40.2 Å². The molecule has 0 spiro atoms. The van der Waals surface area contributed by atoms with Gasteiger partial charge in [-0.05, 0) is 12.1 Å². The highest BCUT2D eigenvalue weighted by Gasteiger charge is 2.06. The van der Waals surface area contributed by atoms with Crippen LogP contribution >= 0.6 is 0 Å². The predicted molar refractivity (Wildman–Crippen MR) is 53.8 cm³/mol. The van der Waals surface area contributed by atoms with Crippen molar-refractivity contribution in [2.45, 2.75) is 0 Å². The molecule has 0 unspecified atom stereocenters. The van der Waals surface area contributed by atoms with Gasteiger partial charge < -0.3 is 9.15 Å². The van der Waals surface area contributed by atoms with Crippen molar-refractivity contribution in [1.82, 2.24) is 0 Å². The zero-order valence-corrected chi connectivity index (χ0v) is 7.98. The Labute approximate surface area is 85.3 Å². The number of methoxy groups -OCH3 is 1. The molecule has 0 fully saturated rings. The van der Waals surface area contributed by atoms with Crippen molar-refractivity contribution in [1.29, 1.82) is 5.26 Å². The van der Waals surface area contributed by atoms with Gasteiger partial charge >= 0.3 is 0 Å². The Kier molecular flexibility index (Phi) is 2.14. The Balaban J connectivity index is 2.81. The van der Waals surface area contributed by atoms with E-state index in [1.165, 1.54) is 7.11 Å². The summed E-state index contributed by atoms with van der Waals surface area (Å²) < 4.78 is 10.1. The van der Waals surface area contributed by atoms with E-state index in [0.29, 0.717) is 16.7 Å². The van der Waals surface area contributed by atoms with E-state index < -0.39 is 0 Å². The zero-order valence-electron chi connectivity index (χ0n) is 7.98. The fraction of sp³-hybridized carbons (Fsp3) is 0.0909. The number of hydrogen-bond donors (Lipinski definition) is 0. The largest absolute Gasteiger partial charge is 0.497 e. The normalized spacial score (nSPS) is 9.87. The summed E-state index contributed by atoms with van der Waals surface area (Å²) in [7, 11) is 1.53. The van der Waals surface area contributed by atoms with Crippen molar-refractivity contribution in [3.63, 3.8) is 0 Å². The van der Waals surface area contributed by atoms with Gasteiger partial charge in [-0.3, -0.25) is 4.79 Å². The third-order valence-electron chi connectivity index (χ3n) is 2.10. The molecule has 74 valence electrons. The van der Waals surface area contributed by atoms with Gasteiger partial charge in [0.1, 0.15) is 29.2 Å². The number of rotatable bonds is 1. The van der Waals surface area contributed by atoms with Gasteiger partial charge in [-0.25, -0.2) is 0 Å². The van der Waals surface area contributed by atoms with Crippen molar-refractivity contribution < 1.29 is 9.15 Å². The molecular weight excluding hydrogens is 194 g/mol. The minimum atomic E-state index is -0.318. The molecule has 4 heteroatoms. The molecule has 0 N–H and O–H groups in total. The molecule has 4 nitrogen and oxygen atoms in total. The predicted octanol–water partition coefficient (Wildman–Crippen LogP) is 1.67. The molecule has 0 aliphatic carbocycles. The summed E-state index contributed by atoms with van der Waals surface area (Å²) >= 11 is 0. The Morgan fingerprint density at radius 3 is 2.93 bits per heavy atom. The number of nitriles is 1. The van der Waals surface area contributed by atoms with E-state index in [0.717, 1.165) is 6.26 Å². The lowest BCUT2D eigenvalue weighted by Gasteiger charge is -2.00. The molecule has 0 atom stereocenters. The second-order valence-electron chi connectivity index (χ2n) is 2.95. The van der Waals surface area contributed by atoms with E-state index in [4.69, 9.17) is 14.4 Å². The lowest BCUT2D eigenvalue weighted by Crippen LogP contribution is -2.05. The standard InChI is InChI=1S/C11H7NO3/c1-14-8-2-3-9-10(4-8)15-6-7(5-12)11(9)13/h2-4,6H,1H3. The first kappa shape index (κ1) is 9.28. The van der Waals surface area contributed by atoms with Gasteiger partial charge in [0.05, 0.1) is 12.5 Å². The summed E-state index contributed by atoms with van der Waals surface area (Å²) in [6.45, 7) is 0. The van der Waals surface area contributed by atoms with E-state index in [9.17, 15) is 4.79 Å². The lowest BCUT2D eigenvalue weighted by molar-refractivity contribution is 0.414. The van der Waals surface area contributed by atoms with E-state index >= 15 is 0 Å². The van der Waals surface area contributed by atoms with Crippen LogP contribution in [0.1, 0.15) is 5.56 Å². The van der Waals surface area contributed by atoms with Crippen LogP contribution in [0.5, 0.6) is 5.75 Å². The number of nitrogens with zero attached hydrogens (tertiary/aromatic N) is 1. The minimum Gasteiger partial charge on any atom is -0.497 e. The first-order valence-electron chi connectivity index (χ1n) is 4.26. The Morgan fingerprint density at radius 1 is 1.47 bits per heavy atom. The third-order valence-corrected chi connectivity index (χ3v) is 2.10. The molecule has 0 radical (unpaired) electrons. The van der Waals surface area contributed by atoms with Crippen LogP contribution in [0.3, 0.4) is 0 Å². The Hall–Kier alpha value is -2.28. The summed E-state index contributed by atoms with van der Waals surface area (Å²) in [6, 6.07) is 6.62. The van der Waals surface area contributed by atoms with Gasteiger partial charge in [0.25, 0.3) is 0 Å². The Morgan fingerprint density at radius 2 is 2.27 bits per heavy atom. The molecule has 15 heavy (non-hydrogen) atoms.